The first-order valence-electron chi connectivity index (χ1n) is 7.59. The summed E-state index contributed by atoms with van der Waals surface area (Å²) in [5.74, 6) is 1.19. The summed E-state index contributed by atoms with van der Waals surface area (Å²) in [6.45, 7) is 3.45. The first kappa shape index (κ1) is 18.3. The van der Waals surface area contributed by atoms with E-state index in [9.17, 15) is 4.79 Å². The van der Waals surface area contributed by atoms with E-state index in [-0.39, 0.29) is 5.91 Å². The van der Waals surface area contributed by atoms with E-state index < -0.39 is 0 Å². The summed E-state index contributed by atoms with van der Waals surface area (Å²) in [5, 5.41) is 2.86. The van der Waals surface area contributed by atoms with E-state index in [1.54, 1.807) is 31.4 Å². The van der Waals surface area contributed by atoms with Gasteiger partial charge in [-0.25, -0.2) is 0 Å². The summed E-state index contributed by atoms with van der Waals surface area (Å²) in [4.78, 5) is 12.4. The fourth-order valence-electron chi connectivity index (χ4n) is 2.03. The molecule has 0 fully saturated rings. The Labute approximate surface area is 150 Å². The molecule has 6 heteroatoms. The zero-order valence-corrected chi connectivity index (χ0v) is 15.3. The predicted molar refractivity (Wildman–Crippen MR) is 97.1 cm³/mol. The summed E-state index contributed by atoms with van der Waals surface area (Å²) < 4.78 is 16.6. The molecule has 0 aliphatic carbocycles. The first-order chi connectivity index (χ1) is 11.6. The van der Waals surface area contributed by atoms with Gasteiger partial charge in [-0.15, -0.1) is 0 Å². The maximum absolute atomic E-state index is 12.4. The van der Waals surface area contributed by atoms with E-state index in [0.717, 1.165) is 5.75 Å². The Balaban J connectivity index is 2.04. The smallest absolute Gasteiger partial charge is 0.255 e. The van der Waals surface area contributed by atoms with E-state index in [0.29, 0.717) is 41.3 Å². The van der Waals surface area contributed by atoms with Crippen LogP contribution in [0.15, 0.2) is 46.9 Å². The quantitative estimate of drug-likeness (QED) is 0.685. The van der Waals surface area contributed by atoms with Gasteiger partial charge >= 0.3 is 0 Å². The molecule has 2 rings (SSSR count). The number of benzene rings is 2. The van der Waals surface area contributed by atoms with Crippen LogP contribution in [0.1, 0.15) is 17.3 Å². The number of carbonyl (C=O) groups excluding carboxylic acids is 1. The Hall–Kier alpha value is -2.05. The zero-order valence-electron chi connectivity index (χ0n) is 13.7. The Morgan fingerprint density at radius 2 is 1.96 bits per heavy atom. The van der Waals surface area contributed by atoms with Crippen molar-refractivity contribution in [1.82, 2.24) is 0 Å². The van der Waals surface area contributed by atoms with Crippen LogP contribution < -0.4 is 14.8 Å². The van der Waals surface area contributed by atoms with Crippen LogP contribution in [-0.2, 0) is 4.74 Å². The van der Waals surface area contributed by atoms with Gasteiger partial charge in [-0.3, -0.25) is 4.79 Å². The van der Waals surface area contributed by atoms with Crippen LogP contribution >= 0.6 is 15.9 Å². The average Bonchev–Trinajstić information content (AvgIpc) is 2.57. The highest BCUT2D eigenvalue weighted by Gasteiger charge is 2.10. The Kier molecular flexibility index (Phi) is 7.08. The molecule has 0 saturated heterocycles. The molecule has 0 aromatic heterocycles. The number of carbonyl (C=O) groups is 1. The van der Waals surface area contributed by atoms with Crippen LogP contribution in [0.4, 0.5) is 5.69 Å². The van der Waals surface area contributed by atoms with Gasteiger partial charge in [-0.2, -0.15) is 0 Å². The van der Waals surface area contributed by atoms with Crippen LogP contribution in [0.2, 0.25) is 0 Å². The molecule has 0 bridgehead atoms. The van der Waals surface area contributed by atoms with Crippen LogP contribution in [0.5, 0.6) is 11.5 Å². The maximum Gasteiger partial charge on any atom is 0.255 e. The number of ether oxygens (including phenoxy) is 3. The van der Waals surface area contributed by atoms with Crippen molar-refractivity contribution in [2.75, 3.05) is 32.2 Å². The number of amides is 1. The van der Waals surface area contributed by atoms with Gasteiger partial charge < -0.3 is 19.5 Å². The second-order valence-electron chi connectivity index (χ2n) is 4.90. The normalized spacial score (nSPS) is 10.3. The molecule has 2 aromatic carbocycles. The van der Waals surface area contributed by atoms with Crippen molar-refractivity contribution in [3.8, 4) is 11.5 Å². The lowest BCUT2D eigenvalue weighted by molar-refractivity contribution is 0.102. The largest absolute Gasteiger partial charge is 0.494 e. The lowest BCUT2D eigenvalue weighted by Gasteiger charge is -2.10. The van der Waals surface area contributed by atoms with E-state index in [4.69, 9.17) is 14.2 Å². The number of nitrogens with one attached hydrogen (secondary N) is 1. The van der Waals surface area contributed by atoms with Gasteiger partial charge in [0.05, 0.1) is 17.7 Å². The molecule has 1 N–H and O–H groups in total. The minimum atomic E-state index is -0.201. The Morgan fingerprint density at radius 3 is 2.67 bits per heavy atom. The van der Waals surface area contributed by atoms with Crippen molar-refractivity contribution in [1.29, 1.82) is 0 Å². The van der Waals surface area contributed by atoms with Crippen LogP contribution in [0, 0.1) is 0 Å². The number of hydrogen-bond acceptors (Lipinski definition) is 4. The van der Waals surface area contributed by atoms with E-state index in [1.807, 2.05) is 25.1 Å². The molecule has 0 radical (unpaired) electrons. The monoisotopic (exact) mass is 393 g/mol. The number of hydrogen-bond donors (Lipinski definition) is 1. The third-order valence-corrected chi connectivity index (χ3v) is 3.76. The number of rotatable bonds is 8. The summed E-state index contributed by atoms with van der Waals surface area (Å²) in [6.07, 6.45) is 0. The minimum Gasteiger partial charge on any atom is -0.494 e. The van der Waals surface area contributed by atoms with Gasteiger partial charge in [0, 0.05) is 24.4 Å². The maximum atomic E-state index is 12.4. The molecule has 0 aliphatic rings. The highest BCUT2D eigenvalue weighted by molar-refractivity contribution is 9.10. The van der Waals surface area contributed by atoms with Crippen LogP contribution in [0.25, 0.3) is 0 Å². The summed E-state index contributed by atoms with van der Waals surface area (Å²) in [7, 11) is 1.62. The van der Waals surface area contributed by atoms with Crippen LogP contribution in [0.3, 0.4) is 0 Å². The number of anilines is 1. The van der Waals surface area contributed by atoms with Gasteiger partial charge in [0.25, 0.3) is 5.91 Å². The number of methoxy groups -OCH3 is 1. The summed E-state index contributed by atoms with van der Waals surface area (Å²) >= 11 is 3.42. The van der Waals surface area contributed by atoms with Gasteiger partial charge in [0.15, 0.2) is 0 Å². The molecule has 0 heterocycles. The molecule has 0 spiro atoms. The van der Waals surface area contributed by atoms with Crippen molar-refractivity contribution in [3.05, 3.63) is 52.5 Å². The molecule has 0 atom stereocenters. The molecule has 0 unspecified atom stereocenters. The SMILES string of the molecule is CCOc1cccc(NC(=O)c2ccc(OCCOC)c(Br)c2)c1. The standard InChI is InChI=1S/C18H20BrNO4/c1-3-23-15-6-4-5-14(12-15)20-18(21)13-7-8-17(16(19)11-13)24-10-9-22-2/h4-8,11-12H,3,9-10H2,1-2H3,(H,20,21). The molecule has 24 heavy (non-hydrogen) atoms. The molecule has 1 amide bonds. The van der Waals surface area contributed by atoms with Crippen molar-refractivity contribution < 1.29 is 19.0 Å². The second kappa shape index (κ2) is 9.30. The fourth-order valence-corrected chi connectivity index (χ4v) is 2.52. The number of halogens is 1. The van der Waals surface area contributed by atoms with Gasteiger partial charge in [-0.05, 0) is 53.2 Å². The van der Waals surface area contributed by atoms with Crippen molar-refractivity contribution in [3.63, 3.8) is 0 Å². The third kappa shape index (κ3) is 5.25. The molecule has 128 valence electrons. The zero-order chi connectivity index (χ0) is 17.4. The van der Waals surface area contributed by atoms with Gasteiger partial charge in [0.1, 0.15) is 18.1 Å². The summed E-state index contributed by atoms with van der Waals surface area (Å²) in [5.41, 5.74) is 1.21. The van der Waals surface area contributed by atoms with Gasteiger partial charge in [0.2, 0.25) is 0 Å². The molecule has 5 nitrogen and oxygen atoms in total. The van der Waals surface area contributed by atoms with Crippen molar-refractivity contribution >= 4 is 27.5 Å². The van der Waals surface area contributed by atoms with Crippen LogP contribution in [-0.4, -0.2) is 32.8 Å². The molecular formula is C18H20BrNO4. The highest BCUT2D eigenvalue weighted by Crippen LogP contribution is 2.26. The van der Waals surface area contributed by atoms with Gasteiger partial charge in [-0.1, -0.05) is 6.07 Å². The third-order valence-electron chi connectivity index (χ3n) is 3.14. The molecule has 0 saturated carbocycles. The molecular weight excluding hydrogens is 374 g/mol. The van der Waals surface area contributed by atoms with E-state index in [2.05, 4.69) is 21.2 Å². The molecule has 0 aliphatic heterocycles. The highest BCUT2D eigenvalue weighted by atomic mass is 79.9. The lowest BCUT2D eigenvalue weighted by Crippen LogP contribution is -2.12. The summed E-state index contributed by atoms with van der Waals surface area (Å²) in [6, 6.07) is 12.5. The topological polar surface area (TPSA) is 56.8 Å². The Morgan fingerprint density at radius 1 is 1.12 bits per heavy atom. The fraction of sp³-hybridized carbons (Fsp3) is 0.278. The minimum absolute atomic E-state index is 0.201. The van der Waals surface area contributed by atoms with Crippen molar-refractivity contribution in [2.24, 2.45) is 0 Å². The average molecular weight is 394 g/mol. The van der Waals surface area contributed by atoms with E-state index in [1.165, 1.54) is 0 Å². The van der Waals surface area contributed by atoms with E-state index >= 15 is 0 Å². The molecule has 2 aromatic rings. The predicted octanol–water partition coefficient (Wildman–Crippen LogP) is 4.13. The Bertz CT molecular complexity index is 690. The first-order valence-corrected chi connectivity index (χ1v) is 8.39. The second-order valence-corrected chi connectivity index (χ2v) is 5.76. The lowest BCUT2D eigenvalue weighted by atomic mass is 10.2. The van der Waals surface area contributed by atoms with Crippen molar-refractivity contribution in [2.45, 2.75) is 6.92 Å².